The molecule has 3 unspecified atom stereocenters. The maximum Gasteiger partial charge on any atom is 0.0908 e. The van der Waals surface area contributed by atoms with Gasteiger partial charge in [-0.2, -0.15) is 0 Å². The molecule has 0 aromatic rings. The van der Waals surface area contributed by atoms with E-state index in [2.05, 4.69) is 6.92 Å². The van der Waals surface area contributed by atoms with Crippen molar-refractivity contribution >= 4 is 0 Å². The molecule has 0 aliphatic heterocycles. The van der Waals surface area contributed by atoms with E-state index in [9.17, 15) is 10.2 Å². The maximum absolute atomic E-state index is 10.3. The highest BCUT2D eigenvalue weighted by molar-refractivity contribution is 4.95. The standard InChI is InChI=1S/C13H24O2/c1-10-5-4-6-11(9-10)12(14)13(15)7-2-3-8-13/h10-12,14-15H,2-9H2,1H3. The molecule has 2 aliphatic carbocycles. The van der Waals surface area contributed by atoms with E-state index in [1.165, 1.54) is 12.8 Å². The lowest BCUT2D eigenvalue weighted by Crippen LogP contribution is -2.45. The molecule has 2 saturated carbocycles. The predicted octanol–water partition coefficient (Wildman–Crippen LogP) is 2.48. The van der Waals surface area contributed by atoms with Crippen LogP contribution in [0.15, 0.2) is 0 Å². The van der Waals surface area contributed by atoms with Crippen LogP contribution in [0.25, 0.3) is 0 Å². The third kappa shape index (κ3) is 2.36. The summed E-state index contributed by atoms with van der Waals surface area (Å²) < 4.78 is 0. The fourth-order valence-corrected chi connectivity index (χ4v) is 3.49. The predicted molar refractivity (Wildman–Crippen MR) is 60.5 cm³/mol. The molecule has 0 heterocycles. The van der Waals surface area contributed by atoms with Gasteiger partial charge in [-0.15, -0.1) is 0 Å². The van der Waals surface area contributed by atoms with Crippen molar-refractivity contribution in [1.82, 2.24) is 0 Å². The lowest BCUT2D eigenvalue weighted by atomic mass is 9.74. The third-order valence-electron chi connectivity index (χ3n) is 4.44. The first-order valence-corrected chi connectivity index (χ1v) is 6.52. The molecule has 0 aromatic carbocycles. The molecule has 15 heavy (non-hydrogen) atoms. The Morgan fingerprint density at radius 2 is 1.80 bits per heavy atom. The molecule has 2 rings (SSSR count). The average molecular weight is 212 g/mol. The average Bonchev–Trinajstić information content (AvgIpc) is 2.65. The Kier molecular flexibility index (Phi) is 3.36. The first-order valence-electron chi connectivity index (χ1n) is 6.52. The summed E-state index contributed by atoms with van der Waals surface area (Å²) in [4.78, 5) is 0. The summed E-state index contributed by atoms with van der Waals surface area (Å²) in [7, 11) is 0. The maximum atomic E-state index is 10.3. The van der Waals surface area contributed by atoms with Crippen molar-refractivity contribution < 1.29 is 10.2 Å². The van der Waals surface area contributed by atoms with Crippen LogP contribution in [0.1, 0.15) is 58.3 Å². The molecule has 2 fully saturated rings. The van der Waals surface area contributed by atoms with Crippen molar-refractivity contribution in [2.75, 3.05) is 0 Å². The largest absolute Gasteiger partial charge is 0.390 e. The van der Waals surface area contributed by atoms with Gasteiger partial charge in [0.1, 0.15) is 0 Å². The Morgan fingerprint density at radius 1 is 1.13 bits per heavy atom. The van der Waals surface area contributed by atoms with Crippen LogP contribution in [0.2, 0.25) is 0 Å². The molecule has 2 heteroatoms. The Bertz CT molecular complexity index is 209. The minimum absolute atomic E-state index is 0.344. The molecule has 0 amide bonds. The van der Waals surface area contributed by atoms with E-state index in [0.717, 1.165) is 44.4 Å². The number of hydrogen-bond donors (Lipinski definition) is 2. The Hall–Kier alpha value is -0.0800. The highest BCUT2D eigenvalue weighted by Crippen LogP contribution is 2.40. The zero-order chi connectivity index (χ0) is 10.9. The van der Waals surface area contributed by atoms with Crippen LogP contribution in [0.3, 0.4) is 0 Å². The van der Waals surface area contributed by atoms with Gasteiger partial charge in [-0.1, -0.05) is 32.6 Å². The third-order valence-corrected chi connectivity index (χ3v) is 4.44. The SMILES string of the molecule is CC1CCCC(C(O)C2(O)CCCC2)C1. The lowest BCUT2D eigenvalue weighted by molar-refractivity contribution is -0.105. The first-order chi connectivity index (χ1) is 7.12. The van der Waals surface area contributed by atoms with Crippen molar-refractivity contribution in [2.45, 2.75) is 70.0 Å². The van der Waals surface area contributed by atoms with Crippen LogP contribution in [0.5, 0.6) is 0 Å². The Labute approximate surface area is 92.7 Å². The fraction of sp³-hybridized carbons (Fsp3) is 1.00. The van der Waals surface area contributed by atoms with Gasteiger partial charge < -0.3 is 10.2 Å². The molecule has 2 aliphatic rings. The Morgan fingerprint density at radius 3 is 2.40 bits per heavy atom. The first kappa shape index (κ1) is 11.4. The van der Waals surface area contributed by atoms with Gasteiger partial charge in [-0.05, 0) is 37.5 Å². The van der Waals surface area contributed by atoms with Gasteiger partial charge in [0.15, 0.2) is 0 Å². The number of aliphatic hydroxyl groups excluding tert-OH is 1. The summed E-state index contributed by atoms with van der Waals surface area (Å²) in [6.07, 6.45) is 8.02. The van der Waals surface area contributed by atoms with E-state index in [4.69, 9.17) is 0 Å². The van der Waals surface area contributed by atoms with Gasteiger partial charge in [0, 0.05) is 0 Å². The summed E-state index contributed by atoms with van der Waals surface area (Å²) >= 11 is 0. The van der Waals surface area contributed by atoms with Gasteiger partial charge in [0.25, 0.3) is 0 Å². The number of aliphatic hydroxyl groups is 2. The topological polar surface area (TPSA) is 40.5 Å². The van der Waals surface area contributed by atoms with E-state index in [-0.39, 0.29) is 0 Å². The van der Waals surface area contributed by atoms with Crippen molar-refractivity contribution in [3.63, 3.8) is 0 Å². The Balaban J connectivity index is 1.96. The zero-order valence-electron chi connectivity index (χ0n) is 9.78. The lowest BCUT2D eigenvalue weighted by Gasteiger charge is -2.38. The van der Waals surface area contributed by atoms with Crippen LogP contribution in [0, 0.1) is 11.8 Å². The zero-order valence-corrected chi connectivity index (χ0v) is 9.78. The minimum Gasteiger partial charge on any atom is -0.390 e. The fourth-order valence-electron chi connectivity index (χ4n) is 3.49. The summed E-state index contributed by atoms with van der Waals surface area (Å²) in [5.41, 5.74) is -0.748. The van der Waals surface area contributed by atoms with Crippen molar-refractivity contribution in [3.8, 4) is 0 Å². The number of rotatable bonds is 2. The van der Waals surface area contributed by atoms with Crippen molar-refractivity contribution in [3.05, 3.63) is 0 Å². The van der Waals surface area contributed by atoms with Gasteiger partial charge in [0.05, 0.1) is 11.7 Å². The van der Waals surface area contributed by atoms with Crippen LogP contribution >= 0.6 is 0 Å². The molecule has 0 saturated heterocycles. The number of hydrogen-bond acceptors (Lipinski definition) is 2. The van der Waals surface area contributed by atoms with Gasteiger partial charge in [-0.25, -0.2) is 0 Å². The second-order valence-corrected chi connectivity index (χ2v) is 5.79. The smallest absolute Gasteiger partial charge is 0.0908 e. The van der Waals surface area contributed by atoms with Crippen LogP contribution in [-0.4, -0.2) is 21.9 Å². The van der Waals surface area contributed by atoms with Crippen molar-refractivity contribution in [2.24, 2.45) is 11.8 Å². The molecule has 2 N–H and O–H groups in total. The molecule has 88 valence electrons. The molecule has 0 bridgehead atoms. The summed E-state index contributed by atoms with van der Waals surface area (Å²) in [5, 5.41) is 20.6. The van der Waals surface area contributed by atoms with E-state index >= 15 is 0 Å². The highest BCUT2D eigenvalue weighted by Gasteiger charge is 2.43. The molecular formula is C13H24O2. The van der Waals surface area contributed by atoms with Crippen LogP contribution < -0.4 is 0 Å². The van der Waals surface area contributed by atoms with E-state index in [0.29, 0.717) is 5.92 Å². The summed E-state index contributed by atoms with van der Waals surface area (Å²) in [5.74, 6) is 1.07. The molecule has 3 atom stereocenters. The van der Waals surface area contributed by atoms with E-state index < -0.39 is 11.7 Å². The second kappa shape index (κ2) is 4.42. The summed E-state index contributed by atoms with van der Waals surface area (Å²) in [6, 6.07) is 0. The quantitative estimate of drug-likeness (QED) is 0.738. The molecular weight excluding hydrogens is 188 g/mol. The van der Waals surface area contributed by atoms with Gasteiger partial charge in [0.2, 0.25) is 0 Å². The van der Waals surface area contributed by atoms with E-state index in [1.807, 2.05) is 0 Å². The molecule has 0 aromatic heterocycles. The second-order valence-electron chi connectivity index (χ2n) is 5.79. The molecule has 0 radical (unpaired) electrons. The minimum atomic E-state index is -0.748. The summed E-state index contributed by atoms with van der Waals surface area (Å²) in [6.45, 7) is 2.26. The monoisotopic (exact) mass is 212 g/mol. The highest BCUT2D eigenvalue weighted by atomic mass is 16.3. The van der Waals surface area contributed by atoms with Crippen LogP contribution in [0.4, 0.5) is 0 Å². The van der Waals surface area contributed by atoms with Crippen molar-refractivity contribution in [1.29, 1.82) is 0 Å². The normalized spacial score (nSPS) is 37.8. The molecule has 0 spiro atoms. The van der Waals surface area contributed by atoms with Crippen LogP contribution in [-0.2, 0) is 0 Å². The van der Waals surface area contributed by atoms with Gasteiger partial charge >= 0.3 is 0 Å². The molecule has 2 nitrogen and oxygen atoms in total. The van der Waals surface area contributed by atoms with Gasteiger partial charge in [-0.3, -0.25) is 0 Å². The van der Waals surface area contributed by atoms with E-state index in [1.54, 1.807) is 0 Å².